The molecule has 0 aromatic heterocycles. The predicted octanol–water partition coefficient (Wildman–Crippen LogP) is 2.34. The number of unbranched alkanes of at least 4 members (excludes halogenated alkanes) is 2. The quantitative estimate of drug-likeness (QED) is 0.334. The fraction of sp³-hybridized carbons (Fsp3) is 0.789. The van der Waals surface area contributed by atoms with E-state index in [-0.39, 0.29) is 17.4 Å². The highest BCUT2D eigenvalue weighted by molar-refractivity contribution is 7.87. The smallest absolute Gasteiger partial charge is 0.330 e. The van der Waals surface area contributed by atoms with Crippen LogP contribution in [0.4, 0.5) is 0 Å². The maximum absolute atomic E-state index is 12.3. The van der Waals surface area contributed by atoms with Gasteiger partial charge < -0.3 is 4.84 Å². The molecule has 1 aliphatic heterocycles. The minimum atomic E-state index is -4.73. The van der Waals surface area contributed by atoms with Crippen molar-refractivity contribution in [3.05, 3.63) is 0 Å². The summed E-state index contributed by atoms with van der Waals surface area (Å²) in [5.41, 5.74) is 0. The largest absolute Gasteiger partial charge is 0.333 e. The molecule has 0 spiro atoms. The second kappa shape index (κ2) is 10.8. The van der Waals surface area contributed by atoms with Crippen LogP contribution in [0.3, 0.4) is 0 Å². The maximum Gasteiger partial charge on any atom is 0.333 e. The van der Waals surface area contributed by atoms with E-state index in [1.54, 1.807) is 0 Å². The van der Waals surface area contributed by atoms with Gasteiger partial charge in [0.25, 0.3) is 21.9 Å². The van der Waals surface area contributed by atoms with Crippen molar-refractivity contribution < 1.29 is 37.0 Å². The number of hydroxylamine groups is 2. The predicted molar refractivity (Wildman–Crippen MR) is 102 cm³/mol. The van der Waals surface area contributed by atoms with E-state index in [1.165, 1.54) is 19.3 Å². The van der Waals surface area contributed by atoms with E-state index >= 15 is 0 Å². The van der Waals surface area contributed by atoms with Crippen LogP contribution in [0, 0.1) is 5.92 Å². The summed E-state index contributed by atoms with van der Waals surface area (Å²) in [7, 11) is -4.73. The number of imide groups is 1. The highest BCUT2D eigenvalue weighted by atomic mass is 32.2. The molecule has 0 aromatic rings. The Morgan fingerprint density at radius 1 is 0.966 bits per heavy atom. The number of carbonyl (C=O) groups excluding carboxylic acids is 4. The number of hydrogen-bond acceptors (Lipinski definition) is 7. The van der Waals surface area contributed by atoms with E-state index in [4.69, 9.17) is 4.55 Å². The molecule has 1 saturated carbocycles. The molecule has 2 aliphatic rings. The Kier molecular flexibility index (Phi) is 8.76. The second-order valence-electron chi connectivity index (χ2n) is 7.77. The molecule has 1 saturated heterocycles. The molecule has 2 rings (SSSR count). The molecular weight excluding hydrogens is 402 g/mol. The van der Waals surface area contributed by atoms with Gasteiger partial charge in [-0.25, -0.2) is 4.79 Å². The first kappa shape index (κ1) is 23.5. The van der Waals surface area contributed by atoms with Crippen LogP contribution in [0.15, 0.2) is 0 Å². The minimum Gasteiger partial charge on any atom is -0.330 e. The third-order valence-corrected chi connectivity index (χ3v) is 6.57. The zero-order chi connectivity index (χ0) is 21.4. The molecule has 1 aliphatic carbocycles. The van der Waals surface area contributed by atoms with Crippen LogP contribution in [0.5, 0.6) is 0 Å². The van der Waals surface area contributed by atoms with Gasteiger partial charge in [-0.3, -0.25) is 18.9 Å². The number of rotatable bonds is 9. The average Bonchev–Trinajstić information content (AvgIpc) is 2.89. The van der Waals surface area contributed by atoms with E-state index < -0.39 is 39.6 Å². The van der Waals surface area contributed by atoms with Crippen LogP contribution in [0.2, 0.25) is 0 Å². The number of carbonyl (C=O) groups is 4. The first-order chi connectivity index (χ1) is 13.7. The van der Waals surface area contributed by atoms with Gasteiger partial charge in [0, 0.05) is 18.8 Å². The standard InChI is InChI=1S/C19H29NO8S/c21-15(14-9-5-2-1-3-6-10-14)11-7-4-8-12-18(23)28-20-17(22)13-16(19(20)24)29(25,26)27/h14,16H,1-13H2,(H,25,26,27). The summed E-state index contributed by atoms with van der Waals surface area (Å²) in [6, 6.07) is 0. The fourth-order valence-electron chi connectivity index (χ4n) is 3.79. The highest BCUT2D eigenvalue weighted by Gasteiger charge is 2.48. The highest BCUT2D eigenvalue weighted by Crippen LogP contribution is 2.25. The van der Waals surface area contributed by atoms with Crippen molar-refractivity contribution in [2.24, 2.45) is 5.92 Å². The van der Waals surface area contributed by atoms with Crippen LogP contribution < -0.4 is 0 Å². The Morgan fingerprint density at radius 3 is 2.14 bits per heavy atom. The molecule has 29 heavy (non-hydrogen) atoms. The second-order valence-corrected chi connectivity index (χ2v) is 9.37. The van der Waals surface area contributed by atoms with Crippen LogP contribution in [0.25, 0.3) is 0 Å². The van der Waals surface area contributed by atoms with E-state index in [2.05, 4.69) is 4.84 Å². The summed E-state index contributed by atoms with van der Waals surface area (Å²) in [4.78, 5) is 52.2. The molecule has 0 bridgehead atoms. The Hall–Kier alpha value is -1.81. The zero-order valence-corrected chi connectivity index (χ0v) is 17.3. The lowest BCUT2D eigenvalue weighted by Crippen LogP contribution is -2.36. The van der Waals surface area contributed by atoms with Gasteiger partial charge in [-0.15, -0.1) is 5.06 Å². The van der Waals surface area contributed by atoms with Gasteiger partial charge in [0.2, 0.25) is 0 Å². The molecule has 1 unspecified atom stereocenters. The molecule has 164 valence electrons. The number of amides is 2. The Labute approximate surface area is 170 Å². The van der Waals surface area contributed by atoms with Gasteiger partial charge in [-0.2, -0.15) is 8.42 Å². The van der Waals surface area contributed by atoms with Crippen molar-refractivity contribution in [1.29, 1.82) is 0 Å². The molecule has 1 atom stereocenters. The first-order valence-corrected chi connectivity index (χ1v) is 11.8. The molecule has 0 aromatic carbocycles. The van der Waals surface area contributed by atoms with Crippen LogP contribution in [-0.2, 0) is 34.1 Å². The van der Waals surface area contributed by atoms with E-state index in [0.717, 1.165) is 25.7 Å². The summed E-state index contributed by atoms with van der Waals surface area (Å²) in [6.45, 7) is 0. The number of ketones is 1. The summed E-state index contributed by atoms with van der Waals surface area (Å²) in [5.74, 6) is -2.65. The number of nitrogens with zero attached hydrogens (tertiary/aromatic N) is 1. The Balaban J connectivity index is 1.65. The molecule has 9 nitrogen and oxygen atoms in total. The van der Waals surface area contributed by atoms with Crippen LogP contribution in [-0.4, -0.2) is 46.9 Å². The van der Waals surface area contributed by atoms with Crippen molar-refractivity contribution in [3.8, 4) is 0 Å². The SMILES string of the molecule is O=C(CCCCCC(=O)C1CCCCCCC1)ON1C(=O)CC(S(=O)(=O)O)C1=O. The summed E-state index contributed by atoms with van der Waals surface area (Å²) >= 11 is 0. The topological polar surface area (TPSA) is 135 Å². The van der Waals surface area contributed by atoms with Crippen LogP contribution in [0.1, 0.15) is 83.5 Å². The normalized spacial score (nSPS) is 21.7. The zero-order valence-electron chi connectivity index (χ0n) is 16.5. The Bertz CT molecular complexity index is 724. The average molecular weight is 432 g/mol. The third-order valence-electron chi connectivity index (χ3n) is 5.48. The van der Waals surface area contributed by atoms with E-state index in [9.17, 15) is 27.6 Å². The van der Waals surface area contributed by atoms with Crippen molar-refractivity contribution in [2.75, 3.05) is 0 Å². The lowest BCUT2D eigenvalue weighted by Gasteiger charge is -2.18. The van der Waals surface area contributed by atoms with Crippen molar-refractivity contribution in [2.45, 2.75) is 88.7 Å². The van der Waals surface area contributed by atoms with Gasteiger partial charge >= 0.3 is 5.97 Å². The van der Waals surface area contributed by atoms with Crippen molar-refractivity contribution >= 4 is 33.7 Å². The van der Waals surface area contributed by atoms with Crippen LogP contribution >= 0.6 is 0 Å². The third kappa shape index (κ3) is 7.18. The lowest BCUT2D eigenvalue weighted by atomic mass is 9.86. The van der Waals surface area contributed by atoms with Crippen molar-refractivity contribution in [1.82, 2.24) is 5.06 Å². The van der Waals surface area contributed by atoms with Gasteiger partial charge in [-0.05, 0) is 25.7 Å². The number of Topliss-reactive ketones (excluding diaryl/α,β-unsaturated/α-hetero) is 1. The molecular formula is C19H29NO8S. The minimum absolute atomic E-state index is 0.0643. The monoisotopic (exact) mass is 431 g/mol. The summed E-state index contributed by atoms with van der Waals surface area (Å²) in [5, 5.41) is -1.82. The van der Waals surface area contributed by atoms with Gasteiger partial charge in [-0.1, -0.05) is 38.5 Å². The van der Waals surface area contributed by atoms with E-state index in [0.29, 0.717) is 31.5 Å². The molecule has 1 heterocycles. The van der Waals surface area contributed by atoms with Gasteiger partial charge in [0.1, 0.15) is 5.78 Å². The number of hydrogen-bond donors (Lipinski definition) is 1. The molecule has 1 N–H and O–H groups in total. The molecule has 2 fully saturated rings. The fourth-order valence-corrected chi connectivity index (χ4v) is 4.49. The summed E-state index contributed by atoms with van der Waals surface area (Å²) < 4.78 is 31.0. The first-order valence-electron chi connectivity index (χ1n) is 10.3. The molecule has 2 amide bonds. The van der Waals surface area contributed by atoms with E-state index in [1.807, 2.05) is 0 Å². The lowest BCUT2D eigenvalue weighted by molar-refractivity contribution is -0.197. The summed E-state index contributed by atoms with van der Waals surface area (Å²) in [6.07, 6.45) is 9.16. The molecule has 0 radical (unpaired) electrons. The van der Waals surface area contributed by atoms with Gasteiger partial charge in [0.15, 0.2) is 5.25 Å². The Morgan fingerprint density at radius 2 is 1.55 bits per heavy atom. The van der Waals surface area contributed by atoms with Gasteiger partial charge in [0.05, 0.1) is 6.42 Å². The molecule has 10 heteroatoms. The maximum atomic E-state index is 12.3. The van der Waals surface area contributed by atoms with Crippen molar-refractivity contribution in [3.63, 3.8) is 0 Å².